The van der Waals surface area contributed by atoms with Gasteiger partial charge in [0.2, 0.25) is 0 Å². The first kappa shape index (κ1) is 29.2. The molecule has 0 bridgehead atoms. The van der Waals surface area contributed by atoms with Gasteiger partial charge in [0.15, 0.2) is 5.69 Å². The first-order chi connectivity index (χ1) is 19.7. The maximum Gasteiger partial charge on any atom is 0.359 e. The van der Waals surface area contributed by atoms with E-state index in [4.69, 9.17) is 26.2 Å². The molecule has 1 unspecified atom stereocenters. The molecule has 3 aromatic carbocycles. The van der Waals surface area contributed by atoms with Crippen LogP contribution in [0, 0.1) is 29.6 Å². The Hall–Kier alpha value is -4.79. The van der Waals surface area contributed by atoms with Gasteiger partial charge < -0.3 is 14.8 Å². The monoisotopic (exact) mass is 567 g/mol. The highest BCUT2D eigenvalue weighted by Crippen LogP contribution is 2.39. The molecule has 8 nitrogen and oxygen atoms in total. The molecular weight excluding hydrogens is 538 g/mol. The molecule has 4 aromatic rings. The Morgan fingerprint density at radius 2 is 1.73 bits per heavy atom. The van der Waals surface area contributed by atoms with E-state index < -0.39 is 12.0 Å². The van der Waals surface area contributed by atoms with Crippen molar-refractivity contribution in [3.63, 3.8) is 0 Å². The average molecular weight is 568 g/mol. The van der Waals surface area contributed by atoms with E-state index in [1.165, 1.54) is 0 Å². The number of aromatic nitrogens is 2. The largest absolute Gasteiger partial charge is 0.494 e. The van der Waals surface area contributed by atoms with Gasteiger partial charge in [-0.25, -0.2) is 9.48 Å². The highest BCUT2D eigenvalue weighted by atomic mass is 35.5. The quantitative estimate of drug-likeness (QED) is 0.215. The van der Waals surface area contributed by atoms with Crippen molar-refractivity contribution in [2.75, 3.05) is 19.0 Å². The van der Waals surface area contributed by atoms with Crippen LogP contribution in [0.1, 0.15) is 76.7 Å². The Bertz CT molecular complexity index is 1660. The number of ether oxygens (including phenoxy) is 2. The predicted octanol–water partition coefficient (Wildman–Crippen LogP) is 7.09. The predicted molar refractivity (Wildman–Crippen MR) is 158 cm³/mol. The van der Waals surface area contributed by atoms with Crippen LogP contribution >= 0.6 is 11.6 Å². The average Bonchev–Trinajstić information content (AvgIpc) is 3.38. The molecule has 4 rings (SSSR count). The number of halogens is 1. The number of hydrogen-bond acceptors (Lipinski definition) is 7. The smallest absolute Gasteiger partial charge is 0.359 e. The molecule has 0 aliphatic heterocycles. The maximum atomic E-state index is 13.5. The molecular formula is C32H30ClN5O3. The molecule has 1 atom stereocenters. The van der Waals surface area contributed by atoms with Crippen molar-refractivity contribution in [1.82, 2.24) is 9.78 Å². The van der Waals surface area contributed by atoms with Gasteiger partial charge in [0, 0.05) is 16.3 Å². The molecule has 1 N–H and O–H groups in total. The Morgan fingerprint density at radius 3 is 2.34 bits per heavy atom. The number of nitriles is 2. The van der Waals surface area contributed by atoms with Crippen LogP contribution in [0.25, 0.3) is 5.69 Å². The summed E-state index contributed by atoms with van der Waals surface area (Å²) in [5, 5.41) is 28.0. The van der Waals surface area contributed by atoms with E-state index in [9.17, 15) is 15.3 Å². The fourth-order valence-corrected chi connectivity index (χ4v) is 4.89. The van der Waals surface area contributed by atoms with E-state index in [-0.39, 0.29) is 18.2 Å². The van der Waals surface area contributed by atoms with Crippen molar-refractivity contribution in [2.24, 2.45) is 0 Å². The lowest BCUT2D eigenvalue weighted by atomic mass is 9.91. The molecule has 0 aliphatic rings. The number of carbonyl (C=O) groups is 1. The fraction of sp³-hybridized carbons (Fsp3) is 0.250. The molecule has 208 valence electrons. The summed E-state index contributed by atoms with van der Waals surface area (Å²) in [6.07, 6.45) is 0. The van der Waals surface area contributed by atoms with E-state index in [0.29, 0.717) is 33.1 Å². The molecule has 0 fully saturated rings. The van der Waals surface area contributed by atoms with Gasteiger partial charge in [-0.3, -0.25) is 0 Å². The summed E-state index contributed by atoms with van der Waals surface area (Å²) in [5.74, 6) is -0.218. The molecule has 0 amide bonds. The summed E-state index contributed by atoms with van der Waals surface area (Å²) in [6, 6.07) is 21.5. The molecule has 9 heteroatoms. The summed E-state index contributed by atoms with van der Waals surface area (Å²) in [6.45, 7) is 7.88. The minimum atomic E-state index is -0.587. The number of rotatable bonds is 9. The van der Waals surface area contributed by atoms with E-state index in [2.05, 4.69) is 17.5 Å². The second kappa shape index (κ2) is 12.6. The van der Waals surface area contributed by atoms with Gasteiger partial charge in [-0.15, -0.1) is 0 Å². The van der Waals surface area contributed by atoms with Crippen LogP contribution in [-0.2, 0) is 4.74 Å². The topological polar surface area (TPSA) is 113 Å². The second-order valence-corrected chi connectivity index (χ2v) is 10.1. The number of nitrogens with zero attached hydrogens (tertiary/aromatic N) is 4. The van der Waals surface area contributed by atoms with Crippen molar-refractivity contribution >= 4 is 23.3 Å². The number of carbonyl (C=O) groups excluding carboxylic acids is 1. The van der Waals surface area contributed by atoms with Gasteiger partial charge in [-0.1, -0.05) is 43.6 Å². The lowest BCUT2D eigenvalue weighted by molar-refractivity contribution is 0.0517. The second-order valence-electron chi connectivity index (χ2n) is 9.70. The van der Waals surface area contributed by atoms with Crippen LogP contribution in [0.4, 0.5) is 5.69 Å². The van der Waals surface area contributed by atoms with E-state index in [1.54, 1.807) is 49.0 Å². The van der Waals surface area contributed by atoms with Crippen LogP contribution < -0.4 is 10.1 Å². The van der Waals surface area contributed by atoms with Crippen molar-refractivity contribution in [3.05, 3.63) is 105 Å². The summed E-state index contributed by atoms with van der Waals surface area (Å²) in [7, 11) is 1.54. The number of methoxy groups -OCH3 is 1. The minimum absolute atomic E-state index is 0.126. The number of esters is 1. The minimum Gasteiger partial charge on any atom is -0.494 e. The molecule has 0 saturated heterocycles. The molecule has 0 aliphatic carbocycles. The van der Waals surface area contributed by atoms with Crippen LogP contribution in [0.5, 0.6) is 5.75 Å². The first-order valence-electron chi connectivity index (χ1n) is 13.1. The van der Waals surface area contributed by atoms with Crippen LogP contribution in [0.3, 0.4) is 0 Å². The van der Waals surface area contributed by atoms with E-state index in [1.807, 2.05) is 51.1 Å². The number of aryl methyl sites for hydroxylation is 1. The van der Waals surface area contributed by atoms with Crippen molar-refractivity contribution < 1.29 is 14.3 Å². The Labute approximate surface area is 244 Å². The number of hydrogen-bond donors (Lipinski definition) is 1. The Morgan fingerprint density at radius 1 is 1.05 bits per heavy atom. The normalized spacial score (nSPS) is 11.4. The van der Waals surface area contributed by atoms with Crippen molar-refractivity contribution in [2.45, 2.75) is 39.7 Å². The zero-order chi connectivity index (χ0) is 29.7. The zero-order valence-corrected chi connectivity index (χ0v) is 24.3. The molecule has 1 aromatic heterocycles. The standard InChI is InChI=1S/C32H30ClN5O3/c1-6-41-32(39)30-28(31(19(2)3)38(37-30)26-15-22(18-35)10-14-27(26)40-5)29(23-11-8-21(17-34)9-12-23)36-25-16-24(33)13-7-20(25)4/h7-16,19,29,36H,6H2,1-5H3. The Balaban J connectivity index is 2.08. The molecule has 0 spiro atoms. The van der Waals surface area contributed by atoms with Crippen LogP contribution in [0.15, 0.2) is 60.7 Å². The zero-order valence-electron chi connectivity index (χ0n) is 23.5. The summed E-state index contributed by atoms with van der Waals surface area (Å²) in [5.41, 5.74) is 5.42. The van der Waals surface area contributed by atoms with Gasteiger partial charge in [0.1, 0.15) is 11.4 Å². The van der Waals surface area contributed by atoms with Gasteiger partial charge >= 0.3 is 5.97 Å². The highest BCUT2D eigenvalue weighted by Gasteiger charge is 2.33. The van der Waals surface area contributed by atoms with Crippen molar-refractivity contribution in [3.8, 4) is 23.6 Å². The van der Waals surface area contributed by atoms with Crippen LogP contribution in [-0.4, -0.2) is 29.5 Å². The molecule has 0 radical (unpaired) electrons. The van der Waals surface area contributed by atoms with Gasteiger partial charge in [-0.05, 0) is 73.4 Å². The number of nitrogens with one attached hydrogen (secondary N) is 1. The van der Waals surface area contributed by atoms with Gasteiger partial charge in [0.25, 0.3) is 0 Å². The number of anilines is 1. The lowest BCUT2D eigenvalue weighted by Gasteiger charge is -2.25. The summed E-state index contributed by atoms with van der Waals surface area (Å²) in [4.78, 5) is 13.5. The third-order valence-corrected chi connectivity index (χ3v) is 6.91. The molecule has 41 heavy (non-hydrogen) atoms. The third kappa shape index (κ3) is 6.04. The number of benzene rings is 3. The summed E-state index contributed by atoms with van der Waals surface area (Å²) >= 11 is 6.38. The maximum absolute atomic E-state index is 13.5. The lowest BCUT2D eigenvalue weighted by Crippen LogP contribution is -2.19. The van der Waals surface area contributed by atoms with Crippen LogP contribution in [0.2, 0.25) is 5.02 Å². The fourth-order valence-electron chi connectivity index (χ4n) is 4.72. The van der Waals surface area contributed by atoms with E-state index >= 15 is 0 Å². The van der Waals surface area contributed by atoms with Gasteiger partial charge in [-0.2, -0.15) is 15.6 Å². The SMILES string of the molecule is CCOC(=O)c1nn(-c2cc(C#N)ccc2OC)c(C(C)C)c1C(Nc1cc(Cl)ccc1C)c1ccc(C#N)cc1. The third-order valence-electron chi connectivity index (χ3n) is 6.67. The van der Waals surface area contributed by atoms with Crippen molar-refractivity contribution in [1.29, 1.82) is 10.5 Å². The Kier molecular flexibility index (Phi) is 8.97. The molecule has 1 heterocycles. The highest BCUT2D eigenvalue weighted by molar-refractivity contribution is 6.30. The first-order valence-corrected chi connectivity index (χ1v) is 13.5. The molecule has 0 saturated carbocycles. The van der Waals surface area contributed by atoms with Gasteiger partial charge in [0.05, 0.1) is 48.7 Å². The van der Waals surface area contributed by atoms with E-state index in [0.717, 1.165) is 22.5 Å². The summed E-state index contributed by atoms with van der Waals surface area (Å²) < 4.78 is 12.8.